The van der Waals surface area contributed by atoms with Gasteiger partial charge in [0.25, 0.3) is 0 Å². The van der Waals surface area contributed by atoms with Crippen LogP contribution in [-0.4, -0.2) is 92.4 Å². The van der Waals surface area contributed by atoms with Crippen molar-refractivity contribution >= 4 is 33.4 Å². The van der Waals surface area contributed by atoms with Crippen LogP contribution in [0.25, 0.3) is 44.6 Å². The van der Waals surface area contributed by atoms with Crippen molar-refractivity contribution in [3.8, 4) is 22.6 Å². The molecule has 2 fully saturated rings. The Morgan fingerprint density at radius 3 is 2.58 bits per heavy atom. The summed E-state index contributed by atoms with van der Waals surface area (Å²) in [6.07, 6.45) is 9.19. The van der Waals surface area contributed by atoms with Crippen LogP contribution in [0.4, 0.5) is 11.5 Å². The molecule has 182 valence electrons. The fourth-order valence-corrected chi connectivity index (χ4v) is 5.06. The molecule has 0 spiro atoms. The van der Waals surface area contributed by atoms with E-state index in [0.29, 0.717) is 0 Å². The number of anilines is 2. The van der Waals surface area contributed by atoms with Gasteiger partial charge in [0.1, 0.15) is 11.5 Å². The largest absolute Gasteiger partial charge is 0.367 e. The Kier molecular flexibility index (Phi) is 4.86. The SMILES string of the molecule is CN1CCN(c2cncc3[nH]c(-c4n[nH]c5ncc(-c6cncc(N7CC(N)C7)n6)cc45)cc23)CC1. The van der Waals surface area contributed by atoms with E-state index >= 15 is 0 Å². The maximum Gasteiger partial charge on any atom is 0.155 e. The van der Waals surface area contributed by atoms with Gasteiger partial charge in [0.15, 0.2) is 5.65 Å². The molecule has 7 rings (SSSR count). The third kappa shape index (κ3) is 3.55. The van der Waals surface area contributed by atoms with Crippen LogP contribution in [0.15, 0.2) is 43.1 Å². The first-order valence-electron chi connectivity index (χ1n) is 12.2. The molecule has 4 N–H and O–H groups in total. The summed E-state index contributed by atoms with van der Waals surface area (Å²) < 4.78 is 0. The summed E-state index contributed by atoms with van der Waals surface area (Å²) >= 11 is 0. The van der Waals surface area contributed by atoms with E-state index in [9.17, 15) is 0 Å². The van der Waals surface area contributed by atoms with Crippen molar-refractivity contribution in [2.75, 3.05) is 56.1 Å². The Balaban J connectivity index is 1.26. The average molecular weight is 482 g/mol. The molecule has 2 aliphatic heterocycles. The summed E-state index contributed by atoms with van der Waals surface area (Å²) in [7, 11) is 2.16. The van der Waals surface area contributed by atoms with Gasteiger partial charge < -0.3 is 25.4 Å². The van der Waals surface area contributed by atoms with E-state index in [4.69, 9.17) is 10.7 Å². The highest BCUT2D eigenvalue weighted by Gasteiger charge is 2.25. The van der Waals surface area contributed by atoms with E-state index < -0.39 is 0 Å². The minimum absolute atomic E-state index is 0.199. The average Bonchev–Trinajstić information content (AvgIpc) is 3.51. The number of hydrogen-bond acceptors (Lipinski definition) is 9. The minimum Gasteiger partial charge on any atom is -0.367 e. The van der Waals surface area contributed by atoms with Gasteiger partial charge in [0, 0.05) is 67.8 Å². The lowest BCUT2D eigenvalue weighted by atomic mass is 10.1. The number of nitrogens with two attached hydrogens (primary N) is 1. The fourth-order valence-electron chi connectivity index (χ4n) is 5.06. The van der Waals surface area contributed by atoms with Crippen LogP contribution in [-0.2, 0) is 0 Å². The van der Waals surface area contributed by atoms with E-state index in [-0.39, 0.29) is 6.04 Å². The third-order valence-corrected chi connectivity index (χ3v) is 7.19. The van der Waals surface area contributed by atoms with Crippen LogP contribution in [0.2, 0.25) is 0 Å². The van der Waals surface area contributed by atoms with Crippen LogP contribution < -0.4 is 15.5 Å². The lowest BCUT2D eigenvalue weighted by Crippen LogP contribution is -2.56. The topological polar surface area (TPSA) is 132 Å². The van der Waals surface area contributed by atoms with E-state index in [0.717, 1.165) is 95.4 Å². The molecule has 2 saturated heterocycles. The van der Waals surface area contributed by atoms with Crippen molar-refractivity contribution in [3.63, 3.8) is 0 Å². The zero-order valence-corrected chi connectivity index (χ0v) is 20.0. The molecule has 7 heterocycles. The predicted molar refractivity (Wildman–Crippen MR) is 140 cm³/mol. The molecule has 5 aromatic heterocycles. The molecule has 0 unspecified atom stereocenters. The number of piperazine rings is 1. The molecule has 0 aromatic carbocycles. The maximum atomic E-state index is 5.94. The van der Waals surface area contributed by atoms with E-state index in [1.165, 1.54) is 0 Å². The van der Waals surface area contributed by atoms with Crippen LogP contribution in [0.3, 0.4) is 0 Å². The van der Waals surface area contributed by atoms with Gasteiger partial charge in [-0.15, -0.1) is 0 Å². The molecular formula is C25H27N11. The van der Waals surface area contributed by atoms with Crippen molar-refractivity contribution < 1.29 is 0 Å². The highest BCUT2D eigenvalue weighted by molar-refractivity contribution is 5.99. The Bertz CT molecular complexity index is 1560. The highest BCUT2D eigenvalue weighted by Crippen LogP contribution is 2.34. The van der Waals surface area contributed by atoms with E-state index in [2.05, 4.69) is 64.0 Å². The van der Waals surface area contributed by atoms with Gasteiger partial charge in [0.05, 0.1) is 47.4 Å². The molecule has 36 heavy (non-hydrogen) atoms. The number of aromatic amines is 2. The summed E-state index contributed by atoms with van der Waals surface area (Å²) in [6.45, 7) is 5.65. The lowest BCUT2D eigenvalue weighted by molar-refractivity contribution is 0.313. The van der Waals surface area contributed by atoms with Crippen molar-refractivity contribution in [1.82, 2.24) is 40.0 Å². The third-order valence-electron chi connectivity index (χ3n) is 7.19. The second-order valence-electron chi connectivity index (χ2n) is 9.71. The molecule has 0 radical (unpaired) electrons. The smallest absolute Gasteiger partial charge is 0.155 e. The molecule has 5 aromatic rings. The monoisotopic (exact) mass is 481 g/mol. The first kappa shape index (κ1) is 21.2. The first-order valence-corrected chi connectivity index (χ1v) is 12.2. The summed E-state index contributed by atoms with van der Waals surface area (Å²) in [5.41, 5.74) is 12.2. The Morgan fingerprint density at radius 2 is 1.75 bits per heavy atom. The molecule has 2 aliphatic rings. The number of hydrogen-bond donors (Lipinski definition) is 3. The molecule has 0 amide bonds. The first-order chi connectivity index (χ1) is 17.6. The molecule has 0 saturated carbocycles. The van der Waals surface area contributed by atoms with Gasteiger partial charge in [-0.1, -0.05) is 0 Å². The number of nitrogens with one attached hydrogen (secondary N) is 2. The Morgan fingerprint density at radius 1 is 0.917 bits per heavy atom. The number of fused-ring (bicyclic) bond motifs is 2. The predicted octanol–water partition coefficient (Wildman–Crippen LogP) is 1.86. The maximum absolute atomic E-state index is 5.94. The Labute approximate surface area is 207 Å². The van der Waals surface area contributed by atoms with Gasteiger partial charge >= 0.3 is 0 Å². The standard InChI is InChI=1S/C25H27N11/c1-34-2-4-35(5-3-34)22-11-27-10-21-17(22)7-19(30-21)24-18-6-15(8-29-25(18)33-32-24)20-9-28-12-23(31-20)36-13-16(26)14-36/h6-12,16,30H,2-5,13-14,26H2,1H3,(H,29,32,33). The van der Waals surface area contributed by atoms with Crippen LogP contribution in [0.5, 0.6) is 0 Å². The number of pyridine rings is 2. The van der Waals surface area contributed by atoms with Gasteiger partial charge in [-0.3, -0.25) is 15.1 Å². The van der Waals surface area contributed by atoms with E-state index in [1.54, 1.807) is 18.6 Å². The zero-order valence-electron chi connectivity index (χ0n) is 20.0. The molecular weight excluding hydrogens is 454 g/mol. The zero-order chi connectivity index (χ0) is 24.2. The number of likely N-dealkylation sites (N-methyl/N-ethyl adjacent to an activating group) is 1. The molecule has 11 heteroatoms. The van der Waals surface area contributed by atoms with Crippen molar-refractivity contribution in [2.24, 2.45) is 5.73 Å². The van der Waals surface area contributed by atoms with Gasteiger partial charge in [-0.05, 0) is 19.2 Å². The van der Waals surface area contributed by atoms with Crippen molar-refractivity contribution in [1.29, 1.82) is 0 Å². The van der Waals surface area contributed by atoms with Gasteiger partial charge in [0.2, 0.25) is 0 Å². The van der Waals surface area contributed by atoms with Gasteiger partial charge in [-0.25, -0.2) is 9.97 Å². The minimum atomic E-state index is 0.199. The normalized spacial score (nSPS) is 17.3. The number of rotatable bonds is 4. The summed E-state index contributed by atoms with van der Waals surface area (Å²) in [6, 6.07) is 4.44. The van der Waals surface area contributed by atoms with Crippen LogP contribution >= 0.6 is 0 Å². The summed E-state index contributed by atoms with van der Waals surface area (Å²) in [5, 5.41) is 9.75. The molecule has 11 nitrogen and oxygen atoms in total. The fraction of sp³-hybridized carbons (Fsp3) is 0.320. The second-order valence-corrected chi connectivity index (χ2v) is 9.71. The number of aromatic nitrogens is 7. The molecule has 0 aliphatic carbocycles. The van der Waals surface area contributed by atoms with E-state index in [1.807, 2.05) is 12.4 Å². The Hall–Kier alpha value is -4.09. The van der Waals surface area contributed by atoms with Gasteiger partial charge in [-0.2, -0.15) is 5.10 Å². The molecule has 0 atom stereocenters. The highest BCUT2D eigenvalue weighted by atomic mass is 15.3. The number of H-pyrrole nitrogens is 2. The quantitative estimate of drug-likeness (QED) is 0.352. The van der Waals surface area contributed by atoms with Crippen molar-refractivity contribution in [2.45, 2.75) is 6.04 Å². The summed E-state index contributed by atoms with van der Waals surface area (Å²) in [5.74, 6) is 0.835. The lowest BCUT2D eigenvalue weighted by Gasteiger charge is -2.37. The second kappa shape index (κ2) is 8.25. The number of nitrogens with zero attached hydrogens (tertiary/aromatic N) is 8. The van der Waals surface area contributed by atoms with Crippen molar-refractivity contribution in [3.05, 3.63) is 43.1 Å². The van der Waals surface area contributed by atoms with Crippen LogP contribution in [0.1, 0.15) is 0 Å². The van der Waals surface area contributed by atoms with Crippen LogP contribution in [0, 0.1) is 0 Å². The summed E-state index contributed by atoms with van der Waals surface area (Å²) in [4.78, 5) is 28.8. The molecule has 0 bridgehead atoms.